The van der Waals surface area contributed by atoms with E-state index in [9.17, 15) is 9.18 Å². The summed E-state index contributed by atoms with van der Waals surface area (Å²) in [6, 6.07) is 4.60. The van der Waals surface area contributed by atoms with Crippen molar-refractivity contribution >= 4 is 17.6 Å². The van der Waals surface area contributed by atoms with E-state index >= 15 is 0 Å². The molecule has 0 unspecified atom stereocenters. The third kappa shape index (κ3) is 4.16. The van der Waals surface area contributed by atoms with E-state index in [1.54, 1.807) is 12.1 Å². The summed E-state index contributed by atoms with van der Waals surface area (Å²) in [6.45, 7) is 2.75. The number of aliphatic carboxylic acids is 1. The molecule has 0 radical (unpaired) electrons. The van der Waals surface area contributed by atoms with Crippen LogP contribution >= 0.6 is 11.6 Å². The number of nitrogens with zero attached hydrogens (tertiary/aromatic N) is 1. The van der Waals surface area contributed by atoms with Gasteiger partial charge in [0, 0.05) is 19.5 Å². The van der Waals surface area contributed by atoms with E-state index in [0.717, 1.165) is 18.7 Å². The molecule has 1 aromatic rings. The predicted molar refractivity (Wildman–Crippen MR) is 73.4 cm³/mol. The molecular formula is C14H17ClFNO3. The van der Waals surface area contributed by atoms with Gasteiger partial charge < -0.3 is 9.84 Å². The van der Waals surface area contributed by atoms with E-state index in [-0.39, 0.29) is 17.5 Å². The molecule has 1 saturated heterocycles. The highest BCUT2D eigenvalue weighted by Gasteiger charge is 2.22. The van der Waals surface area contributed by atoms with E-state index in [1.807, 2.05) is 0 Å². The van der Waals surface area contributed by atoms with E-state index in [0.29, 0.717) is 19.6 Å². The van der Waals surface area contributed by atoms with Crippen molar-refractivity contribution in [2.24, 2.45) is 0 Å². The molecule has 6 heteroatoms. The van der Waals surface area contributed by atoms with E-state index in [4.69, 9.17) is 21.4 Å². The van der Waals surface area contributed by atoms with Crippen LogP contribution in [-0.2, 0) is 9.53 Å². The maximum Gasteiger partial charge on any atom is 0.303 e. The Morgan fingerprint density at radius 1 is 1.55 bits per heavy atom. The normalized spacial score (nSPS) is 20.0. The van der Waals surface area contributed by atoms with Gasteiger partial charge in [0.15, 0.2) is 0 Å². The number of carboxylic acid groups (broad SMARTS) is 1. The van der Waals surface area contributed by atoms with Crippen molar-refractivity contribution in [3.8, 4) is 0 Å². The number of ether oxygens (including phenoxy) is 1. The van der Waals surface area contributed by atoms with Gasteiger partial charge in [0.2, 0.25) is 0 Å². The standard InChI is InChI=1S/C14H17ClFNO3/c15-11-8-10(3-4-12(11)16)13-9-17(6-7-20-13)5-1-2-14(18)19/h3-4,8,13H,1-2,5-7,9H2,(H,18,19)/t13-/m0/s1. The van der Waals surface area contributed by atoms with Gasteiger partial charge in [-0.25, -0.2) is 4.39 Å². The zero-order chi connectivity index (χ0) is 14.5. The minimum absolute atomic E-state index is 0.0918. The number of hydrogen-bond acceptors (Lipinski definition) is 3. The molecule has 1 aliphatic heterocycles. The lowest BCUT2D eigenvalue weighted by molar-refractivity contribution is -0.137. The molecule has 0 aliphatic carbocycles. The largest absolute Gasteiger partial charge is 0.481 e. The Labute approximate surface area is 122 Å². The van der Waals surface area contributed by atoms with Crippen LogP contribution in [0.15, 0.2) is 18.2 Å². The lowest BCUT2D eigenvalue weighted by atomic mass is 10.1. The van der Waals surface area contributed by atoms with Crippen molar-refractivity contribution in [3.05, 3.63) is 34.6 Å². The molecule has 1 heterocycles. The van der Waals surface area contributed by atoms with Crippen LogP contribution in [0.1, 0.15) is 24.5 Å². The molecule has 1 aliphatic rings. The summed E-state index contributed by atoms with van der Waals surface area (Å²) >= 11 is 5.78. The van der Waals surface area contributed by atoms with Crippen molar-refractivity contribution in [1.29, 1.82) is 0 Å². The molecule has 0 aromatic heterocycles. The van der Waals surface area contributed by atoms with Gasteiger partial charge in [-0.2, -0.15) is 0 Å². The second-order valence-electron chi connectivity index (χ2n) is 4.83. The van der Waals surface area contributed by atoms with Gasteiger partial charge in [-0.3, -0.25) is 9.69 Å². The second-order valence-corrected chi connectivity index (χ2v) is 5.24. The summed E-state index contributed by atoms with van der Waals surface area (Å²) < 4.78 is 18.8. The highest BCUT2D eigenvalue weighted by molar-refractivity contribution is 6.30. The van der Waals surface area contributed by atoms with Crippen molar-refractivity contribution < 1.29 is 19.0 Å². The van der Waals surface area contributed by atoms with Crippen molar-refractivity contribution in [2.75, 3.05) is 26.2 Å². The third-order valence-electron chi connectivity index (χ3n) is 3.33. The molecule has 0 bridgehead atoms. The highest BCUT2D eigenvalue weighted by atomic mass is 35.5. The number of carboxylic acids is 1. The van der Waals surface area contributed by atoms with E-state index in [1.165, 1.54) is 6.07 Å². The first kappa shape index (κ1) is 15.2. The lowest BCUT2D eigenvalue weighted by Gasteiger charge is -2.33. The Hall–Kier alpha value is -1.17. The van der Waals surface area contributed by atoms with Crippen LogP contribution in [0.3, 0.4) is 0 Å². The first-order valence-electron chi connectivity index (χ1n) is 6.57. The topological polar surface area (TPSA) is 49.8 Å². The highest BCUT2D eigenvalue weighted by Crippen LogP contribution is 2.26. The third-order valence-corrected chi connectivity index (χ3v) is 3.62. The predicted octanol–water partition coefficient (Wildman–Crippen LogP) is 2.72. The monoisotopic (exact) mass is 301 g/mol. The second kappa shape index (κ2) is 7.02. The van der Waals surface area contributed by atoms with Crippen LogP contribution < -0.4 is 0 Å². The minimum atomic E-state index is -0.778. The Morgan fingerprint density at radius 2 is 2.35 bits per heavy atom. The van der Waals surface area contributed by atoms with Crippen molar-refractivity contribution in [1.82, 2.24) is 4.90 Å². The average Bonchev–Trinajstić information content (AvgIpc) is 2.42. The molecule has 4 nitrogen and oxygen atoms in total. The lowest BCUT2D eigenvalue weighted by Crippen LogP contribution is -2.39. The van der Waals surface area contributed by atoms with Gasteiger partial charge >= 0.3 is 5.97 Å². The first-order valence-corrected chi connectivity index (χ1v) is 6.95. The maximum atomic E-state index is 13.1. The Bertz CT molecular complexity index is 483. The van der Waals surface area contributed by atoms with E-state index < -0.39 is 11.8 Å². The van der Waals surface area contributed by atoms with Gasteiger partial charge in [0.25, 0.3) is 0 Å². The molecule has 1 fully saturated rings. The number of morpholine rings is 1. The van der Waals surface area contributed by atoms with Crippen LogP contribution in [0, 0.1) is 5.82 Å². The first-order chi connectivity index (χ1) is 9.56. The molecule has 0 saturated carbocycles. The Morgan fingerprint density at radius 3 is 3.05 bits per heavy atom. The maximum absolute atomic E-state index is 13.1. The fourth-order valence-corrected chi connectivity index (χ4v) is 2.46. The summed E-state index contributed by atoms with van der Waals surface area (Å²) in [5.41, 5.74) is 0.847. The molecule has 110 valence electrons. The van der Waals surface area contributed by atoms with Crippen LogP contribution in [0.5, 0.6) is 0 Å². The van der Waals surface area contributed by atoms with E-state index in [2.05, 4.69) is 4.90 Å². The molecule has 20 heavy (non-hydrogen) atoms. The van der Waals surface area contributed by atoms with Crippen LogP contribution in [-0.4, -0.2) is 42.2 Å². The average molecular weight is 302 g/mol. The number of halogens is 2. The van der Waals surface area contributed by atoms with Gasteiger partial charge in [-0.15, -0.1) is 0 Å². The van der Waals surface area contributed by atoms with Gasteiger partial charge in [-0.05, 0) is 30.7 Å². The van der Waals surface area contributed by atoms with Crippen LogP contribution in [0.25, 0.3) is 0 Å². The summed E-state index contributed by atoms with van der Waals surface area (Å²) in [4.78, 5) is 12.7. The zero-order valence-corrected chi connectivity index (χ0v) is 11.8. The van der Waals surface area contributed by atoms with Gasteiger partial charge in [0.05, 0.1) is 17.7 Å². The van der Waals surface area contributed by atoms with Crippen LogP contribution in [0.2, 0.25) is 5.02 Å². The quantitative estimate of drug-likeness (QED) is 0.908. The SMILES string of the molecule is O=C(O)CCCN1CCO[C@H](c2ccc(F)c(Cl)c2)C1. The number of rotatable bonds is 5. The summed E-state index contributed by atoms with van der Waals surface area (Å²) in [5, 5.41) is 8.73. The fourth-order valence-electron chi connectivity index (χ4n) is 2.27. The Balaban J connectivity index is 1.92. The summed E-state index contributed by atoms with van der Waals surface area (Å²) in [7, 11) is 0. The molecule has 2 rings (SSSR count). The number of benzene rings is 1. The molecule has 1 N–H and O–H groups in total. The molecule has 1 atom stereocenters. The fraction of sp³-hybridized carbons (Fsp3) is 0.500. The van der Waals surface area contributed by atoms with Gasteiger partial charge in [0.1, 0.15) is 5.82 Å². The van der Waals surface area contributed by atoms with Crippen molar-refractivity contribution in [3.63, 3.8) is 0 Å². The van der Waals surface area contributed by atoms with Gasteiger partial charge in [-0.1, -0.05) is 17.7 Å². The minimum Gasteiger partial charge on any atom is -0.481 e. The number of carbonyl (C=O) groups is 1. The molecule has 0 amide bonds. The Kier molecular flexibility index (Phi) is 5.34. The smallest absolute Gasteiger partial charge is 0.303 e. The molecular weight excluding hydrogens is 285 g/mol. The van der Waals surface area contributed by atoms with Crippen molar-refractivity contribution in [2.45, 2.75) is 18.9 Å². The van der Waals surface area contributed by atoms with Crippen LogP contribution in [0.4, 0.5) is 4.39 Å². The summed E-state index contributed by atoms with van der Waals surface area (Å²) in [5.74, 6) is -1.22. The number of hydrogen-bond donors (Lipinski definition) is 1. The molecule has 0 spiro atoms. The molecule has 1 aromatic carbocycles. The summed E-state index contributed by atoms with van der Waals surface area (Å²) in [6.07, 6.45) is 0.642. The zero-order valence-electron chi connectivity index (χ0n) is 11.0.